The minimum absolute atomic E-state index is 0.0895. The van der Waals surface area contributed by atoms with E-state index in [1.165, 1.54) is 36.4 Å². The van der Waals surface area contributed by atoms with E-state index in [1.54, 1.807) is 0 Å². The van der Waals surface area contributed by atoms with E-state index in [2.05, 4.69) is 8.37 Å². The van der Waals surface area contributed by atoms with Crippen LogP contribution in [0.2, 0.25) is 0 Å². The maximum Gasteiger partial charge on any atom is 0.534 e. The highest BCUT2D eigenvalue weighted by molar-refractivity contribution is 7.88. The molecular weight excluding hydrogens is 594 g/mol. The van der Waals surface area contributed by atoms with Crippen molar-refractivity contribution in [2.45, 2.75) is 11.0 Å². The van der Waals surface area contributed by atoms with Crippen molar-refractivity contribution in [2.24, 2.45) is 0 Å². The largest absolute Gasteiger partial charge is 0.534 e. The maximum absolute atomic E-state index is 13.3. The van der Waals surface area contributed by atoms with Gasteiger partial charge in [-0.2, -0.15) is 43.2 Å². The third-order valence-corrected chi connectivity index (χ3v) is 7.81. The first-order chi connectivity index (χ1) is 18.4. The molecule has 0 spiro atoms. The Morgan fingerprint density at radius 2 is 0.775 bits per heavy atom. The van der Waals surface area contributed by atoms with Gasteiger partial charge < -0.3 is 8.37 Å². The summed E-state index contributed by atoms with van der Waals surface area (Å²) in [6, 6.07) is 11.0. The van der Waals surface area contributed by atoms with Gasteiger partial charge in [0.05, 0.1) is 0 Å². The van der Waals surface area contributed by atoms with Gasteiger partial charge in [-0.05, 0) is 70.1 Å². The Labute approximate surface area is 220 Å². The molecule has 1 aliphatic carbocycles. The van der Waals surface area contributed by atoms with Crippen molar-refractivity contribution in [1.29, 1.82) is 0 Å². The Balaban J connectivity index is 1.56. The Morgan fingerprint density at radius 1 is 0.475 bits per heavy atom. The summed E-state index contributed by atoms with van der Waals surface area (Å²) in [6.07, 6.45) is 0. The average Bonchev–Trinajstić information content (AvgIpc) is 2.83. The highest BCUT2D eigenvalue weighted by atomic mass is 32.2. The molecule has 208 valence electrons. The number of hydrogen-bond donors (Lipinski definition) is 0. The van der Waals surface area contributed by atoms with Crippen LogP contribution in [-0.4, -0.2) is 39.4 Å². The Morgan fingerprint density at radius 3 is 1.07 bits per heavy atom. The zero-order chi connectivity index (χ0) is 29.4. The molecule has 0 amide bonds. The molecule has 16 heteroatoms. The predicted molar refractivity (Wildman–Crippen MR) is 126 cm³/mol. The van der Waals surface area contributed by atoms with Gasteiger partial charge in [0, 0.05) is 22.3 Å². The van der Waals surface area contributed by atoms with Crippen LogP contribution in [0.15, 0.2) is 60.7 Å². The molecule has 0 radical (unpaired) electrons. The fourth-order valence-electron chi connectivity index (χ4n) is 4.04. The van der Waals surface area contributed by atoms with Crippen LogP contribution in [0.4, 0.5) is 26.3 Å². The lowest BCUT2D eigenvalue weighted by atomic mass is 9.81. The minimum Gasteiger partial charge on any atom is -0.376 e. The maximum atomic E-state index is 13.3. The van der Waals surface area contributed by atoms with Crippen LogP contribution in [0.3, 0.4) is 0 Å². The molecule has 1 aliphatic rings. The molecule has 0 atom stereocenters. The number of benzene rings is 4. The Hall–Kier alpha value is -4.18. The molecule has 0 bridgehead atoms. The third-order valence-electron chi connectivity index (χ3n) is 5.85. The average molecular weight is 604 g/mol. The molecule has 0 saturated carbocycles. The number of carbonyl (C=O) groups is 2. The summed E-state index contributed by atoms with van der Waals surface area (Å²) in [5.41, 5.74) is -11.8. The van der Waals surface area contributed by atoms with Crippen molar-refractivity contribution in [3.63, 3.8) is 0 Å². The van der Waals surface area contributed by atoms with Crippen molar-refractivity contribution in [3.05, 3.63) is 82.9 Å². The molecule has 0 fully saturated rings. The number of alkyl halides is 6. The van der Waals surface area contributed by atoms with E-state index in [9.17, 15) is 52.8 Å². The number of fused-ring (bicyclic) bond motifs is 4. The molecule has 5 rings (SSSR count). The van der Waals surface area contributed by atoms with E-state index in [0.717, 1.165) is 24.3 Å². The summed E-state index contributed by atoms with van der Waals surface area (Å²) >= 11 is 0. The second-order valence-electron chi connectivity index (χ2n) is 8.44. The second-order valence-corrected chi connectivity index (χ2v) is 11.5. The van der Waals surface area contributed by atoms with Gasteiger partial charge in [-0.15, -0.1) is 0 Å². The van der Waals surface area contributed by atoms with Crippen molar-refractivity contribution in [1.82, 2.24) is 0 Å². The lowest BCUT2D eigenvalue weighted by Gasteiger charge is -2.19. The first-order valence-electron chi connectivity index (χ1n) is 10.6. The third kappa shape index (κ3) is 4.52. The summed E-state index contributed by atoms with van der Waals surface area (Å²) in [5, 5.41) is 0.668. The number of carbonyl (C=O) groups excluding carboxylic acids is 2. The quantitative estimate of drug-likeness (QED) is 0.156. The molecule has 0 N–H and O–H groups in total. The zero-order valence-corrected chi connectivity index (χ0v) is 20.8. The van der Waals surface area contributed by atoms with Crippen molar-refractivity contribution in [3.8, 4) is 11.5 Å². The van der Waals surface area contributed by atoms with Crippen LogP contribution in [0, 0.1) is 0 Å². The zero-order valence-electron chi connectivity index (χ0n) is 19.1. The standard InChI is InChI=1S/C24H10F6O8S2/c25-23(26,27)39(33,34)37-15-3-1-11-7-17-19(9-13(11)5-15)22(32)18-8-12-2-4-16(38-40(35,36)24(28,29)30)6-14(12)10-20(18)21(17)31/h1-10H. The van der Waals surface area contributed by atoms with E-state index in [-0.39, 0.29) is 43.8 Å². The van der Waals surface area contributed by atoms with Crippen LogP contribution in [-0.2, 0) is 20.2 Å². The summed E-state index contributed by atoms with van der Waals surface area (Å²) in [7, 11) is -11.9. The SMILES string of the molecule is O=C1c2cc3ccc(OS(=O)(=O)C(F)(F)F)cc3cc2C(=O)c2cc3ccc(OS(=O)(=O)C(F)(F)F)cc3cc21. The summed E-state index contributed by atoms with van der Waals surface area (Å²) < 4.78 is 130. The normalized spacial score (nSPS) is 14.2. The van der Waals surface area contributed by atoms with Crippen LogP contribution in [0.25, 0.3) is 21.5 Å². The lowest BCUT2D eigenvalue weighted by molar-refractivity contribution is -0.0504. The van der Waals surface area contributed by atoms with Crippen LogP contribution < -0.4 is 8.37 Å². The topological polar surface area (TPSA) is 121 Å². The predicted octanol–water partition coefficient (Wildman–Crippen LogP) is 5.23. The molecule has 40 heavy (non-hydrogen) atoms. The summed E-state index contributed by atoms with van der Waals surface area (Å²) in [4.78, 5) is 26.6. The Bertz CT molecular complexity index is 1850. The molecule has 4 aromatic carbocycles. The number of hydrogen-bond acceptors (Lipinski definition) is 8. The van der Waals surface area contributed by atoms with Crippen molar-refractivity contribution >= 4 is 53.3 Å². The summed E-state index contributed by atoms with van der Waals surface area (Å²) in [5.74, 6) is -2.72. The van der Waals surface area contributed by atoms with Gasteiger partial charge in [-0.3, -0.25) is 9.59 Å². The Kier molecular flexibility index (Phi) is 5.93. The minimum atomic E-state index is -5.96. The molecule has 0 aromatic heterocycles. The molecule has 4 aromatic rings. The second kappa shape index (κ2) is 8.66. The van der Waals surface area contributed by atoms with Gasteiger partial charge in [0.25, 0.3) is 0 Å². The van der Waals surface area contributed by atoms with E-state index >= 15 is 0 Å². The van der Waals surface area contributed by atoms with Gasteiger partial charge in [-0.1, -0.05) is 12.1 Å². The number of ketones is 2. The van der Waals surface area contributed by atoms with Gasteiger partial charge >= 0.3 is 31.3 Å². The van der Waals surface area contributed by atoms with Gasteiger partial charge in [0.1, 0.15) is 11.5 Å². The first-order valence-corrected chi connectivity index (χ1v) is 13.5. The number of rotatable bonds is 4. The van der Waals surface area contributed by atoms with E-state index in [1.807, 2.05) is 0 Å². The van der Waals surface area contributed by atoms with Crippen molar-refractivity contribution in [2.75, 3.05) is 0 Å². The van der Waals surface area contributed by atoms with Crippen LogP contribution in [0.5, 0.6) is 11.5 Å². The van der Waals surface area contributed by atoms with Crippen LogP contribution in [0.1, 0.15) is 31.8 Å². The summed E-state index contributed by atoms with van der Waals surface area (Å²) in [6.45, 7) is 0. The number of halogens is 6. The monoisotopic (exact) mass is 604 g/mol. The molecule has 0 unspecified atom stereocenters. The van der Waals surface area contributed by atoms with Crippen LogP contribution >= 0.6 is 0 Å². The fourth-order valence-corrected chi connectivity index (χ4v) is 4.95. The van der Waals surface area contributed by atoms with Gasteiger partial charge in [0.15, 0.2) is 11.6 Å². The first kappa shape index (κ1) is 27.4. The van der Waals surface area contributed by atoms with Gasteiger partial charge in [0.2, 0.25) is 0 Å². The fraction of sp³-hybridized carbons (Fsp3) is 0.0833. The molecular formula is C24H10F6O8S2. The van der Waals surface area contributed by atoms with E-state index in [4.69, 9.17) is 0 Å². The molecule has 0 heterocycles. The lowest BCUT2D eigenvalue weighted by Crippen LogP contribution is -2.28. The van der Waals surface area contributed by atoms with E-state index in [0.29, 0.717) is 0 Å². The van der Waals surface area contributed by atoms with E-state index < -0.39 is 54.3 Å². The molecule has 0 aliphatic heterocycles. The smallest absolute Gasteiger partial charge is 0.376 e. The van der Waals surface area contributed by atoms with Crippen molar-refractivity contribution < 1.29 is 61.1 Å². The van der Waals surface area contributed by atoms with Gasteiger partial charge in [-0.25, -0.2) is 0 Å². The highest BCUT2D eigenvalue weighted by Crippen LogP contribution is 2.36. The highest BCUT2D eigenvalue weighted by Gasteiger charge is 2.49. The molecule has 8 nitrogen and oxygen atoms in total. The molecule has 0 saturated heterocycles.